The molecule has 1 atom stereocenters. The zero-order valence-corrected chi connectivity index (χ0v) is 13.0. The molecule has 114 valence electrons. The largest absolute Gasteiger partial charge is 0.376 e. The maximum atomic E-state index is 5.67. The zero-order valence-electron chi connectivity index (χ0n) is 12.2. The number of nitrogens with one attached hydrogen (secondary N) is 1. The van der Waals surface area contributed by atoms with E-state index in [0.29, 0.717) is 0 Å². The van der Waals surface area contributed by atoms with Gasteiger partial charge in [0.05, 0.1) is 11.5 Å². The van der Waals surface area contributed by atoms with Gasteiger partial charge in [-0.05, 0) is 37.7 Å². The molecule has 0 aromatic carbocycles. The molecule has 0 amide bonds. The van der Waals surface area contributed by atoms with E-state index in [1.807, 2.05) is 15.9 Å². The van der Waals surface area contributed by atoms with Crippen LogP contribution >= 0.6 is 11.3 Å². The van der Waals surface area contributed by atoms with Crippen molar-refractivity contribution >= 4 is 33.1 Å². The highest BCUT2D eigenvalue weighted by atomic mass is 32.1. The summed E-state index contributed by atoms with van der Waals surface area (Å²) in [5, 5.41) is 8.97. The van der Waals surface area contributed by atoms with E-state index in [9.17, 15) is 0 Å². The fourth-order valence-electron chi connectivity index (χ4n) is 3.53. The van der Waals surface area contributed by atoms with E-state index in [0.717, 1.165) is 48.8 Å². The van der Waals surface area contributed by atoms with Gasteiger partial charge in [0, 0.05) is 18.0 Å². The van der Waals surface area contributed by atoms with Crippen molar-refractivity contribution in [2.75, 3.05) is 18.5 Å². The summed E-state index contributed by atoms with van der Waals surface area (Å²) in [5.41, 5.74) is 2.37. The van der Waals surface area contributed by atoms with Crippen molar-refractivity contribution in [3.8, 4) is 0 Å². The number of fused-ring (bicyclic) bond motifs is 5. The number of rotatable bonds is 3. The zero-order chi connectivity index (χ0) is 14.5. The number of hydrogen-bond acceptors (Lipinski definition) is 6. The van der Waals surface area contributed by atoms with Crippen LogP contribution in [0.25, 0.3) is 15.9 Å². The van der Waals surface area contributed by atoms with Crippen LogP contribution in [0.3, 0.4) is 0 Å². The molecule has 0 saturated carbocycles. The van der Waals surface area contributed by atoms with E-state index in [4.69, 9.17) is 9.72 Å². The molecule has 1 N–H and O–H groups in total. The lowest BCUT2D eigenvalue weighted by Gasteiger charge is -2.12. The number of aromatic nitrogens is 4. The third kappa shape index (κ3) is 1.85. The van der Waals surface area contributed by atoms with E-state index in [1.54, 1.807) is 6.33 Å². The van der Waals surface area contributed by atoms with Gasteiger partial charge in [-0.25, -0.2) is 9.97 Å². The quantitative estimate of drug-likeness (QED) is 0.804. The Morgan fingerprint density at radius 3 is 3.27 bits per heavy atom. The standard InChI is InChI=1S/C15H17N5OS/c1-4-10-11(5-1)22-14-12(10)13-17-8-18-20(13)15(19-14)16-7-9-3-2-6-21-9/h8-9H,1-7H2,(H,16,19)/t9-/m1/s1. The molecule has 3 aromatic heterocycles. The lowest BCUT2D eigenvalue weighted by atomic mass is 10.2. The molecule has 2 aliphatic rings. The maximum absolute atomic E-state index is 5.67. The second-order valence-electron chi connectivity index (χ2n) is 5.98. The second-order valence-corrected chi connectivity index (χ2v) is 7.07. The van der Waals surface area contributed by atoms with E-state index in [-0.39, 0.29) is 6.10 Å². The minimum absolute atomic E-state index is 0.282. The molecule has 4 heterocycles. The monoisotopic (exact) mass is 315 g/mol. The van der Waals surface area contributed by atoms with Crippen molar-refractivity contribution in [2.45, 2.75) is 38.2 Å². The fraction of sp³-hybridized carbons (Fsp3) is 0.533. The number of hydrogen-bond donors (Lipinski definition) is 1. The Hall–Kier alpha value is -1.73. The van der Waals surface area contributed by atoms with Crippen LogP contribution in [0.1, 0.15) is 29.7 Å². The van der Waals surface area contributed by atoms with Crippen LogP contribution in [0.4, 0.5) is 5.95 Å². The summed E-state index contributed by atoms with van der Waals surface area (Å²) in [7, 11) is 0. The van der Waals surface area contributed by atoms with Gasteiger partial charge in [0.25, 0.3) is 0 Å². The molecule has 1 fully saturated rings. The number of thiophene rings is 1. The summed E-state index contributed by atoms with van der Waals surface area (Å²) >= 11 is 1.81. The number of nitrogens with zero attached hydrogens (tertiary/aromatic N) is 4. The summed E-state index contributed by atoms with van der Waals surface area (Å²) in [6.45, 7) is 1.65. The summed E-state index contributed by atoms with van der Waals surface area (Å²) in [4.78, 5) is 11.9. The van der Waals surface area contributed by atoms with Crippen LogP contribution in [0.5, 0.6) is 0 Å². The van der Waals surface area contributed by atoms with Crippen LogP contribution in [0.15, 0.2) is 6.33 Å². The first-order chi connectivity index (χ1) is 10.9. The molecule has 0 spiro atoms. The summed E-state index contributed by atoms with van der Waals surface area (Å²) in [6.07, 6.45) is 7.73. The molecule has 22 heavy (non-hydrogen) atoms. The molecular formula is C15H17N5OS. The third-order valence-electron chi connectivity index (χ3n) is 4.59. The molecule has 1 saturated heterocycles. The van der Waals surface area contributed by atoms with Crippen molar-refractivity contribution in [2.24, 2.45) is 0 Å². The summed E-state index contributed by atoms with van der Waals surface area (Å²) in [5.74, 6) is 0.774. The first-order valence-electron chi connectivity index (χ1n) is 7.89. The van der Waals surface area contributed by atoms with Gasteiger partial charge in [-0.15, -0.1) is 11.3 Å². The number of ether oxygens (including phenoxy) is 1. The SMILES string of the molecule is c1nc2c3c4c(sc3nc(NC[C@H]3CCCO3)n2n1)CCC4. The van der Waals surface area contributed by atoms with E-state index < -0.39 is 0 Å². The Bertz CT molecular complexity index is 848. The molecule has 3 aromatic rings. The summed E-state index contributed by atoms with van der Waals surface area (Å²) in [6, 6.07) is 0. The smallest absolute Gasteiger partial charge is 0.227 e. The summed E-state index contributed by atoms with van der Waals surface area (Å²) < 4.78 is 7.51. The maximum Gasteiger partial charge on any atom is 0.227 e. The Balaban J connectivity index is 1.59. The van der Waals surface area contributed by atoms with E-state index >= 15 is 0 Å². The topological polar surface area (TPSA) is 64.3 Å². The molecule has 0 unspecified atom stereocenters. The van der Waals surface area contributed by atoms with Crippen molar-refractivity contribution < 1.29 is 4.74 Å². The Morgan fingerprint density at radius 2 is 2.36 bits per heavy atom. The van der Waals surface area contributed by atoms with E-state index in [2.05, 4.69) is 15.4 Å². The van der Waals surface area contributed by atoms with Gasteiger partial charge >= 0.3 is 0 Å². The highest BCUT2D eigenvalue weighted by molar-refractivity contribution is 7.19. The van der Waals surface area contributed by atoms with Crippen molar-refractivity contribution in [1.82, 2.24) is 19.6 Å². The lowest BCUT2D eigenvalue weighted by Crippen LogP contribution is -2.20. The van der Waals surface area contributed by atoms with Gasteiger partial charge in [-0.1, -0.05) is 0 Å². The van der Waals surface area contributed by atoms with Gasteiger partial charge in [0.15, 0.2) is 5.65 Å². The first kappa shape index (κ1) is 12.8. The van der Waals surface area contributed by atoms with E-state index in [1.165, 1.54) is 28.7 Å². The Morgan fingerprint density at radius 1 is 1.36 bits per heavy atom. The molecule has 6 nitrogen and oxygen atoms in total. The minimum Gasteiger partial charge on any atom is -0.376 e. The van der Waals surface area contributed by atoms with Crippen molar-refractivity contribution in [3.05, 3.63) is 16.8 Å². The molecule has 7 heteroatoms. The number of aryl methyl sites for hydroxylation is 2. The van der Waals surface area contributed by atoms with Gasteiger partial charge in [-0.2, -0.15) is 9.61 Å². The minimum atomic E-state index is 0.282. The molecule has 1 aliphatic carbocycles. The van der Waals surface area contributed by atoms with Crippen LogP contribution in [0, 0.1) is 0 Å². The Kier molecular flexibility index (Phi) is 2.84. The molecule has 5 rings (SSSR count). The van der Waals surface area contributed by atoms with Gasteiger partial charge < -0.3 is 10.1 Å². The number of anilines is 1. The Labute approximate surface area is 131 Å². The van der Waals surface area contributed by atoms with Gasteiger partial charge in [-0.3, -0.25) is 0 Å². The highest BCUT2D eigenvalue weighted by Gasteiger charge is 2.23. The van der Waals surface area contributed by atoms with Crippen LogP contribution in [0.2, 0.25) is 0 Å². The first-order valence-corrected chi connectivity index (χ1v) is 8.71. The molecule has 0 bridgehead atoms. The van der Waals surface area contributed by atoms with Gasteiger partial charge in [0.1, 0.15) is 11.2 Å². The van der Waals surface area contributed by atoms with Crippen LogP contribution < -0.4 is 5.32 Å². The van der Waals surface area contributed by atoms with Crippen LogP contribution in [-0.2, 0) is 17.6 Å². The fourth-order valence-corrected chi connectivity index (χ4v) is 4.79. The molecular weight excluding hydrogens is 298 g/mol. The van der Waals surface area contributed by atoms with Crippen molar-refractivity contribution in [1.29, 1.82) is 0 Å². The predicted molar refractivity (Wildman–Crippen MR) is 85.7 cm³/mol. The normalized spacial score (nSPS) is 21.0. The third-order valence-corrected chi connectivity index (χ3v) is 5.78. The van der Waals surface area contributed by atoms with Gasteiger partial charge in [0.2, 0.25) is 5.95 Å². The average Bonchev–Trinajstić information content (AvgIpc) is 3.26. The molecule has 0 radical (unpaired) electrons. The lowest BCUT2D eigenvalue weighted by molar-refractivity contribution is 0.120. The second kappa shape index (κ2) is 4.89. The van der Waals surface area contributed by atoms with Crippen molar-refractivity contribution in [3.63, 3.8) is 0 Å². The average molecular weight is 315 g/mol. The highest BCUT2D eigenvalue weighted by Crippen LogP contribution is 2.38. The molecule has 1 aliphatic heterocycles. The predicted octanol–water partition coefficient (Wildman–Crippen LogP) is 2.42. The van der Waals surface area contributed by atoms with Crippen LogP contribution in [-0.4, -0.2) is 38.8 Å².